The minimum atomic E-state index is -0.105. The standard InChI is InChI=1S/C11H21NO3/c1-2-12-5-3-4-9(6-12)11-14-8-10(7-13)15-11/h9-11,13H,2-8H2,1H3. The highest BCUT2D eigenvalue weighted by molar-refractivity contribution is 4.78. The first-order valence-corrected chi connectivity index (χ1v) is 5.93. The third-order valence-electron chi connectivity index (χ3n) is 3.35. The van der Waals surface area contributed by atoms with Crippen molar-refractivity contribution in [1.29, 1.82) is 0 Å². The van der Waals surface area contributed by atoms with E-state index in [0.29, 0.717) is 12.5 Å². The largest absolute Gasteiger partial charge is 0.394 e. The molecule has 2 aliphatic heterocycles. The molecule has 3 atom stereocenters. The molecule has 1 N–H and O–H groups in total. The van der Waals surface area contributed by atoms with Crippen molar-refractivity contribution >= 4 is 0 Å². The van der Waals surface area contributed by atoms with Gasteiger partial charge in [0.05, 0.1) is 13.2 Å². The van der Waals surface area contributed by atoms with Crippen LogP contribution in [0.25, 0.3) is 0 Å². The van der Waals surface area contributed by atoms with Crippen LogP contribution in [0.4, 0.5) is 0 Å². The molecule has 2 aliphatic rings. The van der Waals surface area contributed by atoms with E-state index in [0.717, 1.165) is 13.1 Å². The number of nitrogens with zero attached hydrogens (tertiary/aromatic N) is 1. The van der Waals surface area contributed by atoms with Gasteiger partial charge in [0, 0.05) is 12.5 Å². The van der Waals surface area contributed by atoms with Gasteiger partial charge in [-0.15, -0.1) is 0 Å². The molecule has 3 unspecified atom stereocenters. The van der Waals surface area contributed by atoms with Crippen LogP contribution in [0.3, 0.4) is 0 Å². The SMILES string of the molecule is CCN1CCCC(C2OCC(CO)O2)C1. The lowest BCUT2D eigenvalue weighted by Gasteiger charge is -2.34. The molecule has 4 heteroatoms. The third-order valence-corrected chi connectivity index (χ3v) is 3.35. The van der Waals surface area contributed by atoms with E-state index in [1.807, 2.05) is 0 Å². The fraction of sp³-hybridized carbons (Fsp3) is 1.00. The molecule has 0 bridgehead atoms. The van der Waals surface area contributed by atoms with Gasteiger partial charge in [0.1, 0.15) is 6.10 Å². The summed E-state index contributed by atoms with van der Waals surface area (Å²) in [4.78, 5) is 2.44. The summed E-state index contributed by atoms with van der Waals surface area (Å²) >= 11 is 0. The summed E-state index contributed by atoms with van der Waals surface area (Å²) in [6.07, 6.45) is 2.22. The average Bonchev–Trinajstić information content (AvgIpc) is 2.78. The third kappa shape index (κ3) is 2.69. The molecule has 2 fully saturated rings. The minimum Gasteiger partial charge on any atom is -0.394 e. The highest BCUT2D eigenvalue weighted by Crippen LogP contribution is 2.26. The Hall–Kier alpha value is -0.160. The molecule has 0 radical (unpaired) electrons. The lowest BCUT2D eigenvalue weighted by Crippen LogP contribution is -2.40. The van der Waals surface area contributed by atoms with Gasteiger partial charge in [-0.05, 0) is 25.9 Å². The van der Waals surface area contributed by atoms with E-state index < -0.39 is 0 Å². The summed E-state index contributed by atoms with van der Waals surface area (Å²) in [7, 11) is 0. The van der Waals surface area contributed by atoms with Crippen LogP contribution in [0.15, 0.2) is 0 Å². The predicted octanol–water partition coefficient (Wildman–Crippen LogP) is 0.452. The van der Waals surface area contributed by atoms with Crippen LogP contribution < -0.4 is 0 Å². The summed E-state index contributed by atoms with van der Waals surface area (Å²) in [6, 6.07) is 0. The van der Waals surface area contributed by atoms with Crippen molar-refractivity contribution in [2.24, 2.45) is 5.92 Å². The molecule has 88 valence electrons. The Kier molecular flexibility index (Phi) is 3.97. The summed E-state index contributed by atoms with van der Waals surface area (Å²) in [5.74, 6) is 0.482. The number of hydrogen-bond acceptors (Lipinski definition) is 4. The van der Waals surface area contributed by atoms with Gasteiger partial charge >= 0.3 is 0 Å². The van der Waals surface area contributed by atoms with Gasteiger partial charge in [-0.2, -0.15) is 0 Å². The summed E-state index contributed by atoms with van der Waals surface area (Å²) < 4.78 is 11.2. The van der Waals surface area contributed by atoms with E-state index in [4.69, 9.17) is 14.6 Å². The lowest BCUT2D eigenvalue weighted by atomic mass is 9.97. The maximum Gasteiger partial charge on any atom is 0.162 e. The smallest absolute Gasteiger partial charge is 0.162 e. The van der Waals surface area contributed by atoms with Crippen molar-refractivity contribution in [2.45, 2.75) is 32.2 Å². The zero-order valence-corrected chi connectivity index (χ0v) is 9.39. The van der Waals surface area contributed by atoms with E-state index in [-0.39, 0.29) is 19.0 Å². The van der Waals surface area contributed by atoms with Crippen LogP contribution in [0.5, 0.6) is 0 Å². The molecule has 0 saturated carbocycles. The topological polar surface area (TPSA) is 41.9 Å². The Morgan fingerprint density at radius 3 is 3.00 bits per heavy atom. The van der Waals surface area contributed by atoms with Gasteiger partial charge in [-0.1, -0.05) is 6.92 Å². The Balaban J connectivity index is 1.83. The van der Waals surface area contributed by atoms with Crippen LogP contribution in [0.1, 0.15) is 19.8 Å². The van der Waals surface area contributed by atoms with Gasteiger partial charge in [0.2, 0.25) is 0 Å². The van der Waals surface area contributed by atoms with Crippen LogP contribution in [-0.4, -0.2) is 55.2 Å². The number of aliphatic hydroxyl groups is 1. The van der Waals surface area contributed by atoms with Crippen LogP contribution in [0.2, 0.25) is 0 Å². The fourth-order valence-electron chi connectivity index (χ4n) is 2.41. The zero-order chi connectivity index (χ0) is 10.7. The molecule has 15 heavy (non-hydrogen) atoms. The van der Waals surface area contributed by atoms with Gasteiger partial charge in [0.25, 0.3) is 0 Å². The van der Waals surface area contributed by atoms with Crippen molar-refractivity contribution in [2.75, 3.05) is 32.8 Å². The van der Waals surface area contributed by atoms with Crippen LogP contribution >= 0.6 is 0 Å². The fourth-order valence-corrected chi connectivity index (χ4v) is 2.41. The molecule has 2 saturated heterocycles. The van der Waals surface area contributed by atoms with E-state index in [2.05, 4.69) is 11.8 Å². The number of rotatable bonds is 3. The second kappa shape index (κ2) is 5.25. The van der Waals surface area contributed by atoms with E-state index in [9.17, 15) is 0 Å². The number of hydrogen-bond donors (Lipinski definition) is 1. The molecule has 2 rings (SSSR count). The van der Waals surface area contributed by atoms with Gasteiger partial charge in [-0.3, -0.25) is 0 Å². The summed E-state index contributed by atoms with van der Waals surface area (Å²) in [5, 5.41) is 8.96. The van der Waals surface area contributed by atoms with Gasteiger partial charge in [-0.25, -0.2) is 0 Å². The molecular formula is C11H21NO3. The zero-order valence-electron chi connectivity index (χ0n) is 9.39. The number of likely N-dealkylation sites (tertiary alicyclic amines) is 1. The van der Waals surface area contributed by atoms with Crippen molar-refractivity contribution in [1.82, 2.24) is 4.90 Å². The maximum absolute atomic E-state index is 8.96. The first kappa shape index (κ1) is 11.3. The monoisotopic (exact) mass is 215 g/mol. The van der Waals surface area contributed by atoms with E-state index >= 15 is 0 Å². The van der Waals surface area contributed by atoms with Crippen LogP contribution in [-0.2, 0) is 9.47 Å². The minimum absolute atomic E-state index is 0.0702. The quantitative estimate of drug-likeness (QED) is 0.742. The van der Waals surface area contributed by atoms with Crippen LogP contribution in [0, 0.1) is 5.92 Å². The molecule has 0 aliphatic carbocycles. The Morgan fingerprint density at radius 2 is 2.33 bits per heavy atom. The molecule has 0 aromatic rings. The average molecular weight is 215 g/mol. The van der Waals surface area contributed by atoms with Crippen molar-refractivity contribution in [3.8, 4) is 0 Å². The summed E-state index contributed by atoms with van der Waals surface area (Å²) in [6.45, 7) is 6.18. The number of aliphatic hydroxyl groups excluding tert-OH is 1. The molecule has 0 aromatic heterocycles. The van der Waals surface area contributed by atoms with E-state index in [1.54, 1.807) is 0 Å². The second-order valence-electron chi connectivity index (χ2n) is 4.44. The Bertz CT molecular complexity index is 200. The highest BCUT2D eigenvalue weighted by atomic mass is 16.7. The van der Waals surface area contributed by atoms with Crippen molar-refractivity contribution < 1.29 is 14.6 Å². The Labute approximate surface area is 91.2 Å². The van der Waals surface area contributed by atoms with E-state index in [1.165, 1.54) is 19.4 Å². The second-order valence-corrected chi connectivity index (χ2v) is 4.44. The van der Waals surface area contributed by atoms with Crippen molar-refractivity contribution in [3.63, 3.8) is 0 Å². The van der Waals surface area contributed by atoms with Gasteiger partial charge in [0.15, 0.2) is 6.29 Å². The lowest BCUT2D eigenvalue weighted by molar-refractivity contribution is -0.115. The first-order chi connectivity index (χ1) is 7.33. The first-order valence-electron chi connectivity index (χ1n) is 5.93. The molecule has 2 heterocycles. The summed E-state index contributed by atoms with van der Waals surface area (Å²) in [5.41, 5.74) is 0. The molecule has 0 spiro atoms. The Morgan fingerprint density at radius 1 is 1.47 bits per heavy atom. The molecule has 4 nitrogen and oxygen atoms in total. The molecule has 0 amide bonds. The van der Waals surface area contributed by atoms with Gasteiger partial charge < -0.3 is 19.5 Å². The predicted molar refractivity (Wildman–Crippen MR) is 56.5 cm³/mol. The normalized spacial score (nSPS) is 38.4. The highest BCUT2D eigenvalue weighted by Gasteiger charge is 2.34. The number of ether oxygens (including phenoxy) is 2. The van der Waals surface area contributed by atoms with Crippen molar-refractivity contribution in [3.05, 3.63) is 0 Å². The molecule has 0 aromatic carbocycles. The molecular weight excluding hydrogens is 194 g/mol. The number of piperidine rings is 1. The maximum atomic E-state index is 8.96.